The van der Waals surface area contributed by atoms with Crippen LogP contribution in [0.25, 0.3) is 16.5 Å². The molecule has 0 radical (unpaired) electrons. The molecule has 0 bridgehead atoms. The summed E-state index contributed by atoms with van der Waals surface area (Å²) in [5.41, 5.74) is 3.15. The molecule has 7 heteroatoms. The van der Waals surface area contributed by atoms with Crippen LogP contribution in [0.5, 0.6) is 0 Å². The monoisotopic (exact) mass is 397 g/mol. The minimum Gasteiger partial charge on any atom is -0.296 e. The number of hydrogen-bond acceptors (Lipinski definition) is 4. The first-order valence-corrected chi connectivity index (χ1v) is 9.24. The number of halogens is 1. The molecule has 0 aliphatic heterocycles. The van der Waals surface area contributed by atoms with E-state index < -0.39 is 5.91 Å². The van der Waals surface area contributed by atoms with Gasteiger partial charge in [-0.05, 0) is 24.1 Å². The summed E-state index contributed by atoms with van der Waals surface area (Å²) in [6.07, 6.45) is 1.29. The largest absolute Gasteiger partial charge is 0.296 e. The molecule has 6 nitrogen and oxygen atoms in total. The van der Waals surface area contributed by atoms with Crippen LogP contribution >= 0.6 is 11.6 Å². The fourth-order valence-electron chi connectivity index (χ4n) is 3.10. The maximum absolute atomic E-state index is 13.2. The number of carbonyl (C=O) groups excluding carboxylic acids is 1. The Morgan fingerprint density at radius 2 is 2.00 bits per heavy atom. The van der Waals surface area contributed by atoms with Crippen LogP contribution in [-0.4, -0.2) is 20.7 Å². The van der Waals surface area contributed by atoms with E-state index in [1.54, 1.807) is 10.6 Å². The minimum absolute atomic E-state index is 0.0378. The molecular weight excluding hydrogens is 378 g/mol. The Morgan fingerprint density at radius 3 is 2.64 bits per heavy atom. The van der Waals surface area contributed by atoms with E-state index in [4.69, 9.17) is 16.8 Å². The third kappa shape index (κ3) is 3.83. The first-order chi connectivity index (χ1) is 13.5. The van der Waals surface area contributed by atoms with Crippen molar-refractivity contribution in [3.05, 3.63) is 81.4 Å². The van der Waals surface area contributed by atoms with Crippen molar-refractivity contribution < 1.29 is 10.0 Å². The van der Waals surface area contributed by atoms with E-state index in [0.29, 0.717) is 36.1 Å². The van der Waals surface area contributed by atoms with Gasteiger partial charge in [-0.15, -0.1) is 0 Å². The van der Waals surface area contributed by atoms with Gasteiger partial charge in [0.25, 0.3) is 11.5 Å². The smallest absolute Gasteiger partial charge is 0.274 e. The van der Waals surface area contributed by atoms with Crippen LogP contribution in [0.1, 0.15) is 23.9 Å². The number of hydroxylamine groups is 1. The molecule has 0 aliphatic carbocycles. The van der Waals surface area contributed by atoms with Gasteiger partial charge >= 0.3 is 0 Å². The molecule has 3 rings (SSSR count). The highest BCUT2D eigenvalue weighted by molar-refractivity contribution is 6.35. The fourth-order valence-corrected chi connectivity index (χ4v) is 3.37. The molecule has 0 unspecified atom stereocenters. The Morgan fingerprint density at radius 1 is 1.29 bits per heavy atom. The molecule has 0 spiro atoms. The number of rotatable bonds is 6. The standard InChI is InChI=1S/C21H20ClN3O3/c1-3-19-23-18-12-17(22)15(13(2)20(26)24-28)11-16(18)21(27)25(19)10-9-14-7-5-4-6-8-14/h4-8,11-12,28H,2-3,9-10H2,1H3,(H,24,26). The lowest BCUT2D eigenvalue weighted by molar-refractivity contribution is -0.123. The molecule has 0 saturated heterocycles. The molecule has 144 valence electrons. The first kappa shape index (κ1) is 19.8. The number of carbonyl (C=O) groups is 1. The van der Waals surface area contributed by atoms with Crippen LogP contribution in [0.3, 0.4) is 0 Å². The predicted octanol–water partition coefficient (Wildman–Crippen LogP) is 3.37. The SMILES string of the molecule is C=C(C(=O)NO)c1cc2c(=O)n(CCc3ccccc3)c(CC)nc2cc1Cl. The van der Waals surface area contributed by atoms with Gasteiger partial charge in [-0.2, -0.15) is 0 Å². The predicted molar refractivity (Wildman–Crippen MR) is 110 cm³/mol. The Labute approximate surface area is 167 Å². The van der Waals surface area contributed by atoms with Crippen molar-refractivity contribution in [1.29, 1.82) is 0 Å². The lowest BCUT2D eigenvalue weighted by Gasteiger charge is -2.14. The first-order valence-electron chi connectivity index (χ1n) is 8.86. The fraction of sp³-hybridized carbons (Fsp3) is 0.190. The number of amides is 1. The second-order valence-corrected chi connectivity index (χ2v) is 6.75. The number of nitrogens with zero attached hydrogens (tertiary/aromatic N) is 2. The van der Waals surface area contributed by atoms with E-state index in [-0.39, 0.29) is 21.7 Å². The molecule has 0 fully saturated rings. The lowest BCUT2D eigenvalue weighted by Crippen LogP contribution is -2.26. The summed E-state index contributed by atoms with van der Waals surface area (Å²) in [6.45, 7) is 6.07. The van der Waals surface area contributed by atoms with Gasteiger partial charge < -0.3 is 0 Å². The number of nitrogens with one attached hydrogen (secondary N) is 1. The van der Waals surface area contributed by atoms with E-state index in [0.717, 1.165) is 5.56 Å². The third-order valence-electron chi connectivity index (χ3n) is 4.61. The van der Waals surface area contributed by atoms with Gasteiger partial charge in [0, 0.05) is 24.1 Å². The second-order valence-electron chi connectivity index (χ2n) is 6.34. The van der Waals surface area contributed by atoms with Crippen LogP contribution in [0.15, 0.2) is 53.8 Å². The highest BCUT2D eigenvalue weighted by atomic mass is 35.5. The maximum Gasteiger partial charge on any atom is 0.274 e. The van der Waals surface area contributed by atoms with Gasteiger partial charge in [0.15, 0.2) is 0 Å². The van der Waals surface area contributed by atoms with Gasteiger partial charge in [0.1, 0.15) is 5.82 Å². The van der Waals surface area contributed by atoms with Crippen molar-refractivity contribution in [1.82, 2.24) is 15.0 Å². The highest BCUT2D eigenvalue weighted by Gasteiger charge is 2.17. The summed E-state index contributed by atoms with van der Waals surface area (Å²) in [5.74, 6) is -0.118. The Kier molecular flexibility index (Phi) is 5.92. The zero-order valence-electron chi connectivity index (χ0n) is 15.4. The van der Waals surface area contributed by atoms with Crippen LogP contribution < -0.4 is 11.0 Å². The number of benzene rings is 2. The Hall–Kier alpha value is -2.96. The second kappa shape index (κ2) is 8.37. The van der Waals surface area contributed by atoms with E-state index in [1.807, 2.05) is 37.3 Å². The molecule has 1 heterocycles. The van der Waals surface area contributed by atoms with Crippen LogP contribution in [-0.2, 0) is 24.2 Å². The molecule has 1 aromatic heterocycles. The van der Waals surface area contributed by atoms with Crippen LogP contribution in [0.2, 0.25) is 5.02 Å². The summed E-state index contributed by atoms with van der Waals surface area (Å²) in [7, 11) is 0. The summed E-state index contributed by atoms with van der Waals surface area (Å²) < 4.78 is 1.65. The number of aryl methyl sites for hydroxylation is 2. The lowest BCUT2D eigenvalue weighted by atomic mass is 10.0. The Bertz CT molecular complexity index is 1110. The van der Waals surface area contributed by atoms with Crippen LogP contribution in [0, 0.1) is 0 Å². The van der Waals surface area contributed by atoms with Gasteiger partial charge in [0.2, 0.25) is 0 Å². The average molecular weight is 398 g/mol. The van der Waals surface area contributed by atoms with Crippen molar-refractivity contribution in [2.45, 2.75) is 26.3 Å². The Balaban J connectivity index is 2.09. The van der Waals surface area contributed by atoms with Gasteiger partial charge in [-0.1, -0.05) is 55.4 Å². The van der Waals surface area contributed by atoms with Crippen molar-refractivity contribution >= 4 is 34.0 Å². The summed E-state index contributed by atoms with van der Waals surface area (Å²) in [5, 5.41) is 9.41. The molecule has 28 heavy (non-hydrogen) atoms. The van der Waals surface area contributed by atoms with Crippen molar-refractivity contribution in [3.63, 3.8) is 0 Å². The van der Waals surface area contributed by atoms with E-state index in [2.05, 4.69) is 11.6 Å². The topological polar surface area (TPSA) is 84.2 Å². The highest BCUT2D eigenvalue weighted by Crippen LogP contribution is 2.27. The van der Waals surface area contributed by atoms with Gasteiger partial charge in [-0.25, -0.2) is 10.5 Å². The number of aromatic nitrogens is 2. The molecule has 3 aromatic rings. The summed E-state index contributed by atoms with van der Waals surface area (Å²) in [4.78, 5) is 29.4. The molecule has 0 atom stereocenters. The van der Waals surface area contributed by atoms with E-state index in [1.165, 1.54) is 11.5 Å². The van der Waals surface area contributed by atoms with Crippen molar-refractivity contribution in [2.75, 3.05) is 0 Å². The van der Waals surface area contributed by atoms with E-state index >= 15 is 0 Å². The minimum atomic E-state index is -0.788. The molecule has 1 amide bonds. The van der Waals surface area contributed by atoms with E-state index in [9.17, 15) is 9.59 Å². The molecule has 0 saturated carbocycles. The van der Waals surface area contributed by atoms with Gasteiger partial charge in [-0.3, -0.25) is 19.4 Å². The summed E-state index contributed by atoms with van der Waals surface area (Å²) in [6, 6.07) is 13.0. The van der Waals surface area contributed by atoms with Crippen molar-refractivity contribution in [2.24, 2.45) is 0 Å². The number of hydrogen-bond donors (Lipinski definition) is 2. The number of fused-ring (bicyclic) bond motifs is 1. The molecule has 2 aromatic carbocycles. The van der Waals surface area contributed by atoms with Gasteiger partial charge in [0.05, 0.1) is 15.9 Å². The molecule has 0 aliphatic rings. The third-order valence-corrected chi connectivity index (χ3v) is 4.92. The normalized spacial score (nSPS) is 10.8. The molecule has 2 N–H and O–H groups in total. The summed E-state index contributed by atoms with van der Waals surface area (Å²) >= 11 is 6.26. The van der Waals surface area contributed by atoms with Crippen molar-refractivity contribution in [3.8, 4) is 0 Å². The molecular formula is C21H20ClN3O3. The average Bonchev–Trinajstić information content (AvgIpc) is 2.72. The zero-order chi connectivity index (χ0) is 20.3. The zero-order valence-corrected chi connectivity index (χ0v) is 16.2. The van der Waals surface area contributed by atoms with Crippen LogP contribution in [0.4, 0.5) is 0 Å². The maximum atomic E-state index is 13.2. The quantitative estimate of drug-likeness (QED) is 0.379.